The molecule has 0 fully saturated rings. The predicted molar refractivity (Wildman–Crippen MR) is 154 cm³/mol. The van der Waals surface area contributed by atoms with Crippen molar-refractivity contribution in [3.63, 3.8) is 0 Å². The van der Waals surface area contributed by atoms with Gasteiger partial charge in [-0.15, -0.1) is 0 Å². The third-order valence-electron chi connectivity index (χ3n) is 6.49. The molecule has 1 aromatic heterocycles. The maximum atomic E-state index is 15.0. The first-order valence-electron chi connectivity index (χ1n) is 13.7. The smallest absolute Gasteiger partial charge is 0.410 e. The summed E-state index contributed by atoms with van der Waals surface area (Å²) >= 11 is 0. The minimum absolute atomic E-state index is 0.0946. The standard InChI is InChI=1S/C31H38FN3O6/c1-30(2,3)40-28(37)34-13-9-20(10-14-34)22-17-26(39-19-22)27(36)33-23-7-8-24(25(32)18-23)21-11-15-35(16-12-21)29(38)41-31(4,5)6/h7-9,11,17-19H,10,12-16H2,1-6H3,(H,33,36). The van der Waals surface area contributed by atoms with Crippen LogP contribution in [-0.4, -0.2) is 65.3 Å². The summed E-state index contributed by atoms with van der Waals surface area (Å²) in [6.45, 7) is 12.6. The van der Waals surface area contributed by atoms with Crippen LogP contribution in [0.3, 0.4) is 0 Å². The highest BCUT2D eigenvalue weighted by Gasteiger charge is 2.26. The zero-order valence-corrected chi connectivity index (χ0v) is 24.5. The summed E-state index contributed by atoms with van der Waals surface area (Å²) in [6, 6.07) is 6.16. The van der Waals surface area contributed by atoms with Gasteiger partial charge in [0.2, 0.25) is 0 Å². The topological polar surface area (TPSA) is 101 Å². The van der Waals surface area contributed by atoms with Crippen LogP contribution < -0.4 is 5.32 Å². The third-order valence-corrected chi connectivity index (χ3v) is 6.49. The Balaban J connectivity index is 1.34. The summed E-state index contributed by atoms with van der Waals surface area (Å²) in [5.74, 6) is -0.876. The van der Waals surface area contributed by atoms with Crippen molar-refractivity contribution in [1.82, 2.24) is 9.80 Å². The van der Waals surface area contributed by atoms with E-state index in [0.717, 1.165) is 16.7 Å². The fourth-order valence-electron chi connectivity index (χ4n) is 4.50. The molecule has 0 aliphatic carbocycles. The van der Waals surface area contributed by atoms with E-state index in [2.05, 4.69) is 5.32 Å². The summed E-state index contributed by atoms with van der Waals surface area (Å²) < 4.78 is 31.4. The van der Waals surface area contributed by atoms with Crippen LogP contribution in [0.15, 0.2) is 47.1 Å². The van der Waals surface area contributed by atoms with Crippen LogP contribution in [-0.2, 0) is 9.47 Å². The van der Waals surface area contributed by atoms with E-state index in [1.807, 2.05) is 53.7 Å². The van der Waals surface area contributed by atoms with Crippen molar-refractivity contribution < 1.29 is 32.7 Å². The van der Waals surface area contributed by atoms with Gasteiger partial charge in [-0.2, -0.15) is 0 Å². The zero-order valence-electron chi connectivity index (χ0n) is 24.5. The quantitative estimate of drug-likeness (QED) is 0.440. The number of hydrogen-bond acceptors (Lipinski definition) is 6. The van der Waals surface area contributed by atoms with Gasteiger partial charge in [0.15, 0.2) is 5.76 Å². The molecule has 3 heterocycles. The van der Waals surface area contributed by atoms with Crippen molar-refractivity contribution in [2.24, 2.45) is 0 Å². The largest absolute Gasteiger partial charge is 0.459 e. The van der Waals surface area contributed by atoms with E-state index >= 15 is 4.39 Å². The van der Waals surface area contributed by atoms with Gasteiger partial charge in [0.05, 0.1) is 6.26 Å². The Morgan fingerprint density at radius 1 is 0.854 bits per heavy atom. The molecule has 0 saturated heterocycles. The summed E-state index contributed by atoms with van der Waals surface area (Å²) in [5, 5.41) is 2.68. The molecule has 2 aliphatic rings. The van der Waals surface area contributed by atoms with E-state index in [1.165, 1.54) is 12.3 Å². The van der Waals surface area contributed by atoms with Gasteiger partial charge in [0.25, 0.3) is 5.91 Å². The normalized spacial score (nSPS) is 16.1. The molecule has 0 atom stereocenters. The van der Waals surface area contributed by atoms with E-state index in [1.54, 1.807) is 28.0 Å². The average Bonchev–Trinajstić information content (AvgIpc) is 3.38. The number of carbonyl (C=O) groups is 3. The summed E-state index contributed by atoms with van der Waals surface area (Å²) in [4.78, 5) is 40.6. The van der Waals surface area contributed by atoms with Gasteiger partial charge in [-0.3, -0.25) is 4.79 Å². The van der Waals surface area contributed by atoms with Crippen molar-refractivity contribution in [2.45, 2.75) is 65.6 Å². The molecule has 0 saturated carbocycles. The molecule has 0 bridgehead atoms. The van der Waals surface area contributed by atoms with Crippen molar-refractivity contribution in [1.29, 1.82) is 0 Å². The monoisotopic (exact) mass is 567 g/mol. The third kappa shape index (κ3) is 7.99. The van der Waals surface area contributed by atoms with Crippen LogP contribution in [0.1, 0.15) is 76.1 Å². The Kier molecular flexibility index (Phi) is 8.60. The van der Waals surface area contributed by atoms with Crippen LogP contribution in [0.2, 0.25) is 0 Å². The maximum absolute atomic E-state index is 15.0. The average molecular weight is 568 g/mol. The molecule has 41 heavy (non-hydrogen) atoms. The number of nitrogens with zero attached hydrogens (tertiary/aromatic N) is 2. The van der Waals surface area contributed by atoms with Crippen LogP contribution >= 0.6 is 0 Å². The molecule has 0 unspecified atom stereocenters. The SMILES string of the molecule is CC(C)(C)OC(=O)N1CC=C(c2coc(C(=O)Nc3ccc(C4=CCN(C(=O)OC(C)(C)C)CC4)c(F)c3)c2)CC1. The van der Waals surface area contributed by atoms with Gasteiger partial charge in [-0.1, -0.05) is 12.2 Å². The van der Waals surface area contributed by atoms with Crippen LogP contribution in [0.5, 0.6) is 0 Å². The lowest BCUT2D eigenvalue weighted by Crippen LogP contribution is -2.39. The first kappa shape index (κ1) is 29.9. The number of amides is 3. The minimum Gasteiger partial charge on any atom is -0.459 e. The summed E-state index contributed by atoms with van der Waals surface area (Å²) in [6.07, 6.45) is 5.57. The Hall–Kier alpha value is -4.08. The number of benzene rings is 1. The highest BCUT2D eigenvalue weighted by atomic mass is 19.1. The fraction of sp³-hybridized carbons (Fsp3) is 0.452. The van der Waals surface area contributed by atoms with E-state index in [0.29, 0.717) is 50.3 Å². The number of carbonyl (C=O) groups excluding carboxylic acids is 3. The zero-order chi connectivity index (χ0) is 29.9. The molecule has 2 aliphatic heterocycles. The van der Waals surface area contributed by atoms with Gasteiger partial charge in [0, 0.05) is 43.0 Å². The first-order valence-corrected chi connectivity index (χ1v) is 13.7. The van der Waals surface area contributed by atoms with Gasteiger partial charge >= 0.3 is 12.2 Å². The van der Waals surface area contributed by atoms with Gasteiger partial charge in [-0.05, 0) is 89.8 Å². The molecule has 1 N–H and O–H groups in total. The number of halogens is 1. The second-order valence-electron chi connectivity index (χ2n) is 12.2. The van der Waals surface area contributed by atoms with Crippen molar-refractivity contribution >= 4 is 34.9 Å². The number of ether oxygens (including phenoxy) is 2. The van der Waals surface area contributed by atoms with E-state index in [-0.39, 0.29) is 11.9 Å². The minimum atomic E-state index is -0.580. The van der Waals surface area contributed by atoms with Crippen LogP contribution in [0.25, 0.3) is 11.1 Å². The van der Waals surface area contributed by atoms with Crippen LogP contribution in [0.4, 0.5) is 19.7 Å². The second kappa shape index (κ2) is 11.8. The van der Waals surface area contributed by atoms with Crippen molar-refractivity contribution in [3.05, 3.63) is 65.4 Å². The molecule has 2 aromatic rings. The van der Waals surface area contributed by atoms with Crippen molar-refractivity contribution in [2.75, 3.05) is 31.5 Å². The van der Waals surface area contributed by atoms with Crippen molar-refractivity contribution in [3.8, 4) is 0 Å². The summed E-state index contributed by atoms with van der Waals surface area (Å²) in [7, 11) is 0. The Morgan fingerprint density at radius 2 is 1.41 bits per heavy atom. The maximum Gasteiger partial charge on any atom is 0.410 e. The number of nitrogens with one attached hydrogen (secondary N) is 1. The number of hydrogen-bond donors (Lipinski definition) is 1. The molecule has 1 aromatic carbocycles. The Morgan fingerprint density at radius 3 is 1.90 bits per heavy atom. The predicted octanol–water partition coefficient (Wildman–Crippen LogP) is 6.72. The van der Waals surface area contributed by atoms with Gasteiger partial charge < -0.3 is 29.0 Å². The molecule has 4 rings (SSSR count). The van der Waals surface area contributed by atoms with Gasteiger partial charge in [0.1, 0.15) is 17.0 Å². The number of furan rings is 1. The number of anilines is 1. The first-order chi connectivity index (χ1) is 19.2. The lowest BCUT2D eigenvalue weighted by molar-refractivity contribution is 0.0260. The van der Waals surface area contributed by atoms with E-state index < -0.39 is 29.0 Å². The highest BCUT2D eigenvalue weighted by Crippen LogP contribution is 2.29. The lowest BCUT2D eigenvalue weighted by atomic mass is 9.98. The summed E-state index contributed by atoms with van der Waals surface area (Å²) in [5.41, 5.74) is 2.10. The fourth-order valence-corrected chi connectivity index (χ4v) is 4.50. The molecule has 0 spiro atoms. The van der Waals surface area contributed by atoms with Crippen LogP contribution in [0, 0.1) is 5.82 Å². The van der Waals surface area contributed by atoms with Gasteiger partial charge in [-0.25, -0.2) is 14.0 Å². The van der Waals surface area contributed by atoms with E-state index in [4.69, 9.17) is 13.9 Å². The molecule has 3 amide bonds. The second-order valence-corrected chi connectivity index (χ2v) is 12.2. The highest BCUT2D eigenvalue weighted by molar-refractivity contribution is 6.02. The molecule has 0 radical (unpaired) electrons. The molecule has 9 nitrogen and oxygen atoms in total. The molecule has 10 heteroatoms. The Bertz CT molecular complexity index is 1380. The lowest BCUT2D eigenvalue weighted by Gasteiger charge is -2.29. The molecule has 220 valence electrons. The molecular formula is C31H38FN3O6. The number of rotatable bonds is 4. The van der Waals surface area contributed by atoms with E-state index in [9.17, 15) is 14.4 Å². The Labute approximate surface area is 240 Å². The molecular weight excluding hydrogens is 529 g/mol.